The number of hydrogen-bond donors (Lipinski definition) is 1. The third kappa shape index (κ3) is 4.15. The monoisotopic (exact) mass is 352 g/mol. The first-order valence-corrected chi connectivity index (χ1v) is 7.82. The van der Waals surface area contributed by atoms with Crippen LogP contribution in [0.2, 0.25) is 0 Å². The summed E-state index contributed by atoms with van der Waals surface area (Å²) in [5, 5.41) is 21.1. The Morgan fingerprint density at radius 1 is 1.17 bits per heavy atom. The van der Waals surface area contributed by atoms with Crippen molar-refractivity contribution in [3.8, 4) is 5.75 Å². The minimum atomic E-state index is -1.34. The van der Waals surface area contributed by atoms with Crippen LogP contribution < -0.4 is 44.8 Å². The number of carbonyl (C=O) groups excluding carboxylic acids is 1. The van der Waals surface area contributed by atoms with Gasteiger partial charge >= 0.3 is 29.6 Å². The van der Waals surface area contributed by atoms with Crippen LogP contribution in [0.15, 0.2) is 47.3 Å². The molecule has 0 saturated heterocycles. The molecule has 0 spiro atoms. The van der Waals surface area contributed by atoms with Crippen LogP contribution in [0, 0.1) is 0 Å². The Balaban J connectivity index is 0.00000208. The molecule has 0 aliphatic carbocycles. The zero-order valence-electron chi connectivity index (χ0n) is 13.0. The normalized spacial score (nSPS) is 11.9. The standard InChI is InChI=1S/C17H14O5S.Na/c18-10(7-16(19)20)9-22-11-5-6-15-13(8-11)17(21)12-3-1-2-4-14(12)23-15;/h1-6,8,10,18H,7,9H2,(H,19,20);/q;+1/p-1. The fraction of sp³-hybridized carbons (Fsp3) is 0.176. The number of hydrogen-bond acceptors (Lipinski definition) is 6. The Morgan fingerprint density at radius 2 is 1.88 bits per heavy atom. The first-order valence-electron chi connectivity index (χ1n) is 7.01. The summed E-state index contributed by atoms with van der Waals surface area (Å²) in [6, 6.07) is 12.5. The van der Waals surface area contributed by atoms with Gasteiger partial charge in [0.25, 0.3) is 0 Å². The molecule has 0 radical (unpaired) electrons. The van der Waals surface area contributed by atoms with Crippen LogP contribution in [0.3, 0.4) is 0 Å². The maximum Gasteiger partial charge on any atom is 1.00 e. The Kier molecular flexibility index (Phi) is 6.37. The van der Waals surface area contributed by atoms with Gasteiger partial charge in [0, 0.05) is 32.6 Å². The van der Waals surface area contributed by atoms with E-state index in [1.165, 1.54) is 11.3 Å². The Hall–Kier alpha value is -1.44. The molecule has 5 nitrogen and oxygen atoms in total. The van der Waals surface area contributed by atoms with Crippen molar-refractivity contribution >= 4 is 37.5 Å². The van der Waals surface area contributed by atoms with E-state index in [0.717, 1.165) is 9.40 Å². The summed E-state index contributed by atoms with van der Waals surface area (Å²) in [6.45, 7) is -0.176. The molecular weight excluding hydrogens is 339 g/mol. The second kappa shape index (κ2) is 8.09. The molecule has 3 rings (SSSR count). The number of benzene rings is 2. The molecule has 0 aliphatic rings. The van der Waals surface area contributed by atoms with Crippen molar-refractivity contribution in [1.82, 2.24) is 0 Å². The quantitative estimate of drug-likeness (QED) is 0.437. The van der Waals surface area contributed by atoms with Gasteiger partial charge in [-0.05, 0) is 30.3 Å². The van der Waals surface area contributed by atoms with Gasteiger partial charge in [0.15, 0.2) is 5.43 Å². The fourth-order valence-corrected chi connectivity index (χ4v) is 3.37. The Morgan fingerprint density at radius 3 is 2.62 bits per heavy atom. The van der Waals surface area contributed by atoms with Crippen molar-refractivity contribution in [1.29, 1.82) is 0 Å². The summed E-state index contributed by atoms with van der Waals surface area (Å²) >= 11 is 1.52. The summed E-state index contributed by atoms with van der Waals surface area (Å²) in [6.07, 6.45) is -1.64. The van der Waals surface area contributed by atoms with Crippen molar-refractivity contribution < 1.29 is 49.3 Å². The number of rotatable bonds is 5. The van der Waals surface area contributed by atoms with Crippen LogP contribution in [0.5, 0.6) is 5.75 Å². The summed E-state index contributed by atoms with van der Waals surface area (Å²) < 4.78 is 7.13. The molecule has 1 atom stereocenters. The van der Waals surface area contributed by atoms with Crippen LogP contribution >= 0.6 is 11.3 Å². The first-order chi connectivity index (χ1) is 11.0. The summed E-state index contributed by atoms with van der Waals surface area (Å²) in [4.78, 5) is 22.9. The molecule has 118 valence electrons. The van der Waals surface area contributed by atoms with Gasteiger partial charge in [-0.3, -0.25) is 4.79 Å². The molecule has 0 aliphatic heterocycles. The number of fused-ring (bicyclic) bond motifs is 2. The number of aliphatic hydroxyl groups excluding tert-OH is 1. The van der Waals surface area contributed by atoms with Crippen LogP contribution in [-0.2, 0) is 4.79 Å². The van der Waals surface area contributed by atoms with Gasteiger partial charge in [-0.25, -0.2) is 0 Å². The Bertz CT molecular complexity index is 937. The molecule has 1 heterocycles. The van der Waals surface area contributed by atoms with Crippen LogP contribution in [-0.4, -0.2) is 23.8 Å². The average Bonchev–Trinajstić information content (AvgIpc) is 2.53. The molecule has 1 aromatic heterocycles. The number of carbonyl (C=O) groups is 1. The fourth-order valence-electron chi connectivity index (χ4n) is 2.32. The molecule has 3 aromatic rings. The van der Waals surface area contributed by atoms with E-state index < -0.39 is 18.5 Å². The number of ether oxygens (including phenoxy) is 1. The van der Waals surface area contributed by atoms with Crippen LogP contribution in [0.25, 0.3) is 20.2 Å². The second-order valence-electron chi connectivity index (χ2n) is 5.13. The van der Waals surface area contributed by atoms with Gasteiger partial charge in [-0.2, -0.15) is 0 Å². The summed E-state index contributed by atoms with van der Waals surface area (Å²) in [7, 11) is 0. The van der Waals surface area contributed by atoms with Crippen molar-refractivity contribution in [3.63, 3.8) is 0 Å². The maximum atomic E-state index is 12.5. The topological polar surface area (TPSA) is 86.7 Å². The Labute approximate surface area is 163 Å². The van der Waals surface area contributed by atoms with E-state index in [2.05, 4.69) is 0 Å². The molecule has 24 heavy (non-hydrogen) atoms. The third-order valence-electron chi connectivity index (χ3n) is 3.39. The van der Waals surface area contributed by atoms with Crippen molar-refractivity contribution in [2.75, 3.05) is 6.61 Å². The summed E-state index contributed by atoms with van der Waals surface area (Å²) in [5.74, 6) is -0.927. The van der Waals surface area contributed by atoms with E-state index >= 15 is 0 Å². The molecule has 2 aromatic carbocycles. The van der Waals surface area contributed by atoms with Crippen LogP contribution in [0.1, 0.15) is 6.42 Å². The molecule has 0 fully saturated rings. The molecule has 1 unspecified atom stereocenters. The van der Waals surface area contributed by atoms with E-state index in [9.17, 15) is 19.8 Å². The van der Waals surface area contributed by atoms with E-state index in [1.807, 2.05) is 18.2 Å². The molecule has 7 heteroatoms. The molecule has 1 N–H and O–H groups in total. The average molecular weight is 352 g/mol. The van der Waals surface area contributed by atoms with Gasteiger partial charge in [-0.1, -0.05) is 12.1 Å². The predicted octanol–water partition coefficient (Wildman–Crippen LogP) is -1.70. The van der Waals surface area contributed by atoms with Gasteiger partial charge in [0.2, 0.25) is 0 Å². The van der Waals surface area contributed by atoms with E-state index in [1.54, 1.807) is 24.3 Å². The van der Waals surface area contributed by atoms with Gasteiger partial charge in [0.05, 0.1) is 6.10 Å². The van der Waals surface area contributed by atoms with Gasteiger partial charge in [0.1, 0.15) is 12.4 Å². The van der Waals surface area contributed by atoms with Crippen molar-refractivity contribution in [2.45, 2.75) is 12.5 Å². The number of carboxylic acid groups (broad SMARTS) is 1. The number of carboxylic acids is 1. The SMILES string of the molecule is O=C([O-])CC(O)COc1ccc2sc3ccccc3c(=O)c2c1.[Na+]. The zero-order valence-corrected chi connectivity index (χ0v) is 15.8. The number of aliphatic hydroxyl groups is 1. The summed E-state index contributed by atoms with van der Waals surface area (Å²) in [5.41, 5.74) is -0.0740. The first kappa shape index (κ1) is 18.9. The van der Waals surface area contributed by atoms with Crippen molar-refractivity contribution in [3.05, 3.63) is 52.7 Å². The zero-order chi connectivity index (χ0) is 16.4. The van der Waals surface area contributed by atoms with Crippen LogP contribution in [0.4, 0.5) is 0 Å². The third-order valence-corrected chi connectivity index (χ3v) is 4.54. The van der Waals surface area contributed by atoms with Gasteiger partial charge < -0.3 is 19.7 Å². The second-order valence-corrected chi connectivity index (χ2v) is 6.21. The molecule has 0 bridgehead atoms. The van der Waals surface area contributed by atoms with E-state index in [-0.39, 0.29) is 41.6 Å². The molecule has 0 amide bonds. The smallest absolute Gasteiger partial charge is 0.550 e. The molecular formula is C17H13NaO5S. The largest absolute Gasteiger partial charge is 1.00 e. The minimum Gasteiger partial charge on any atom is -0.550 e. The predicted molar refractivity (Wildman–Crippen MR) is 86.7 cm³/mol. The number of aliphatic carboxylic acids is 1. The molecule has 0 saturated carbocycles. The van der Waals surface area contributed by atoms with E-state index in [4.69, 9.17) is 4.74 Å². The van der Waals surface area contributed by atoms with Gasteiger partial charge in [-0.15, -0.1) is 11.3 Å². The minimum absolute atomic E-state index is 0. The van der Waals surface area contributed by atoms with Crippen molar-refractivity contribution in [2.24, 2.45) is 0 Å². The maximum absolute atomic E-state index is 12.5. The van der Waals surface area contributed by atoms with E-state index in [0.29, 0.717) is 16.5 Å².